The first kappa shape index (κ1) is 31.2. The number of fused-ring (bicyclic) bond motifs is 4. The second-order valence-corrected chi connectivity index (χ2v) is 12.9. The van der Waals surface area contributed by atoms with E-state index in [1.807, 2.05) is 6.08 Å². The fraction of sp³-hybridized carbons (Fsp3) is 0.517. The molecule has 0 unspecified atom stereocenters. The van der Waals surface area contributed by atoms with Crippen molar-refractivity contribution in [2.24, 2.45) is 29.6 Å². The summed E-state index contributed by atoms with van der Waals surface area (Å²) >= 11 is 6.92. The molecule has 6 atom stereocenters. The number of amides is 4. The Morgan fingerprint density at radius 1 is 0.860 bits per heavy atom. The highest BCUT2D eigenvalue weighted by atomic mass is 79.9. The van der Waals surface area contributed by atoms with Crippen LogP contribution in [-0.4, -0.2) is 80.9 Å². The lowest BCUT2D eigenvalue weighted by molar-refractivity contribution is -0.143. The Morgan fingerprint density at radius 3 is 1.98 bits per heavy atom. The first-order chi connectivity index (χ1) is 20.4. The molecule has 43 heavy (non-hydrogen) atoms. The van der Waals surface area contributed by atoms with Crippen LogP contribution < -0.4 is 4.74 Å². The van der Waals surface area contributed by atoms with Gasteiger partial charge in [0.25, 0.3) is 0 Å². The molecule has 0 spiro atoms. The molecule has 2 heterocycles. The Morgan fingerprint density at radius 2 is 1.42 bits per heavy atom. The van der Waals surface area contributed by atoms with Crippen molar-refractivity contribution >= 4 is 67.4 Å². The van der Waals surface area contributed by atoms with Crippen molar-refractivity contribution in [3.63, 3.8) is 0 Å². The number of allylic oxidation sites excluding steroid dienone is 2. The second kappa shape index (κ2) is 12.0. The number of phenolic OH excluding ortho intramolecular Hbond substituents is 1. The highest BCUT2D eigenvalue weighted by molar-refractivity contribution is 9.13. The monoisotopic (exact) mass is 724 g/mol. The maximum atomic E-state index is 13.9. The lowest BCUT2D eigenvalue weighted by atomic mass is 9.57. The van der Waals surface area contributed by atoms with Crippen molar-refractivity contribution in [1.29, 1.82) is 0 Å². The molecule has 1 saturated carbocycles. The van der Waals surface area contributed by atoms with E-state index in [1.54, 1.807) is 6.07 Å². The molecule has 1 aromatic rings. The van der Waals surface area contributed by atoms with E-state index in [0.717, 1.165) is 15.4 Å². The van der Waals surface area contributed by atoms with E-state index in [1.165, 1.54) is 7.11 Å². The minimum absolute atomic E-state index is 0.0169. The standard InChI is InChI=1S/C29H30Br2N2O10/c1-43-17-11-15(23(30)24(31)25(17)38)20-12-6-7-13-21(28(41)32(26(13)39)8-2-4-18(34)35)14(12)10-16-22(20)29(42)33(27(16)40)9-3-5-19(36)37/h6,11,13-14,16,20-22,38H,2-5,7-10H2,1H3,(H,34,35)(H,36,37)/t13-,14+,16+,20+,21-,22+/m0/s1. The zero-order valence-corrected chi connectivity index (χ0v) is 26.3. The smallest absolute Gasteiger partial charge is 0.303 e. The van der Waals surface area contributed by atoms with Crippen molar-refractivity contribution in [2.45, 2.75) is 44.4 Å². The maximum Gasteiger partial charge on any atom is 0.303 e. The van der Waals surface area contributed by atoms with Crippen molar-refractivity contribution in [2.75, 3.05) is 20.2 Å². The molecule has 0 aromatic heterocycles. The lowest BCUT2D eigenvalue weighted by Gasteiger charge is -2.44. The molecule has 5 rings (SSSR count). The van der Waals surface area contributed by atoms with E-state index >= 15 is 0 Å². The SMILES string of the molecule is COc1cc([C@H]2C3=CC[C@@H]4C(=O)N(CCCC(=O)O)C(=O)[C@@H]4[C@@H]3C[C@H]3C(=O)N(CCCC(=O)O)C(=O)[C@@H]23)c(Br)c(Br)c1O. The van der Waals surface area contributed by atoms with Crippen LogP contribution in [-0.2, 0) is 28.8 Å². The van der Waals surface area contributed by atoms with Gasteiger partial charge in [0.1, 0.15) is 0 Å². The van der Waals surface area contributed by atoms with Crippen molar-refractivity contribution in [3.05, 3.63) is 32.2 Å². The number of aromatic hydroxyl groups is 1. The molecule has 2 aliphatic carbocycles. The molecule has 3 N–H and O–H groups in total. The van der Waals surface area contributed by atoms with Crippen LogP contribution in [0.4, 0.5) is 0 Å². The van der Waals surface area contributed by atoms with Gasteiger partial charge in [-0.25, -0.2) is 0 Å². The molecule has 2 aliphatic heterocycles. The van der Waals surface area contributed by atoms with Gasteiger partial charge in [0, 0.05) is 36.3 Å². The third-order valence-electron chi connectivity index (χ3n) is 9.10. The van der Waals surface area contributed by atoms with Crippen LogP contribution in [0.3, 0.4) is 0 Å². The number of halogens is 2. The number of nitrogens with zero attached hydrogens (tertiary/aromatic N) is 2. The Kier molecular flexibility index (Phi) is 8.72. The number of phenols is 1. The van der Waals surface area contributed by atoms with Gasteiger partial charge in [0.05, 0.1) is 35.3 Å². The number of hydrogen-bond acceptors (Lipinski definition) is 8. The van der Waals surface area contributed by atoms with E-state index < -0.39 is 65.2 Å². The molecular formula is C29H30Br2N2O10. The largest absolute Gasteiger partial charge is 0.503 e. The average molecular weight is 726 g/mol. The highest BCUT2D eigenvalue weighted by Gasteiger charge is 2.62. The summed E-state index contributed by atoms with van der Waals surface area (Å²) < 4.78 is 6.10. The van der Waals surface area contributed by atoms with Gasteiger partial charge in [-0.05, 0) is 75.1 Å². The Bertz CT molecular complexity index is 1460. The van der Waals surface area contributed by atoms with Gasteiger partial charge in [0.15, 0.2) is 11.5 Å². The molecule has 0 radical (unpaired) electrons. The topological polar surface area (TPSA) is 179 Å². The number of benzene rings is 1. The average Bonchev–Trinajstić information content (AvgIpc) is 3.35. The zero-order chi connectivity index (χ0) is 31.3. The van der Waals surface area contributed by atoms with Gasteiger partial charge < -0.3 is 20.1 Å². The number of carbonyl (C=O) groups is 6. The normalized spacial score (nSPS) is 28.0. The number of carboxylic acid groups (broad SMARTS) is 2. The molecule has 0 bridgehead atoms. The molecule has 230 valence electrons. The predicted octanol–water partition coefficient (Wildman–Crippen LogP) is 3.29. The van der Waals surface area contributed by atoms with Gasteiger partial charge in [-0.15, -0.1) is 0 Å². The van der Waals surface area contributed by atoms with Crippen LogP contribution in [0.5, 0.6) is 11.5 Å². The van der Waals surface area contributed by atoms with E-state index in [4.69, 9.17) is 14.9 Å². The van der Waals surface area contributed by atoms with Crippen molar-refractivity contribution < 1.29 is 48.8 Å². The summed E-state index contributed by atoms with van der Waals surface area (Å²) in [5, 5.41) is 28.7. The number of likely N-dealkylation sites (tertiary alicyclic amines) is 2. The molecule has 4 aliphatic rings. The Labute approximate surface area is 263 Å². The number of imide groups is 2. The molecule has 1 aromatic carbocycles. The van der Waals surface area contributed by atoms with Crippen LogP contribution in [0.1, 0.15) is 50.0 Å². The fourth-order valence-corrected chi connectivity index (χ4v) is 8.25. The van der Waals surface area contributed by atoms with E-state index in [2.05, 4.69) is 31.9 Å². The van der Waals surface area contributed by atoms with Gasteiger partial charge in [0.2, 0.25) is 23.6 Å². The number of rotatable bonds is 10. The predicted molar refractivity (Wildman–Crippen MR) is 155 cm³/mol. The Balaban J connectivity index is 1.58. The van der Waals surface area contributed by atoms with Crippen molar-refractivity contribution in [1.82, 2.24) is 9.80 Å². The van der Waals surface area contributed by atoms with Crippen LogP contribution in [0.15, 0.2) is 26.7 Å². The summed E-state index contributed by atoms with van der Waals surface area (Å²) in [5.41, 5.74) is 1.29. The number of carboxylic acids is 2. The first-order valence-electron chi connectivity index (χ1n) is 14.0. The fourth-order valence-electron chi connectivity index (χ4n) is 7.28. The highest BCUT2D eigenvalue weighted by Crippen LogP contribution is 2.60. The summed E-state index contributed by atoms with van der Waals surface area (Å²) in [6.07, 6.45) is 2.09. The lowest BCUT2D eigenvalue weighted by Crippen LogP contribution is -2.43. The summed E-state index contributed by atoms with van der Waals surface area (Å²) in [6.45, 7) is -0.0745. The summed E-state index contributed by atoms with van der Waals surface area (Å²) in [4.78, 5) is 79.1. The summed E-state index contributed by atoms with van der Waals surface area (Å²) in [5.74, 6) is -8.14. The number of aliphatic carboxylic acids is 2. The molecular weight excluding hydrogens is 696 g/mol. The number of hydrogen-bond donors (Lipinski definition) is 3. The van der Waals surface area contributed by atoms with Gasteiger partial charge >= 0.3 is 11.9 Å². The number of ether oxygens (including phenoxy) is 1. The van der Waals surface area contributed by atoms with Crippen LogP contribution in [0.2, 0.25) is 0 Å². The summed E-state index contributed by atoms with van der Waals surface area (Å²) in [7, 11) is 1.38. The van der Waals surface area contributed by atoms with E-state index in [-0.39, 0.29) is 73.5 Å². The van der Waals surface area contributed by atoms with Crippen molar-refractivity contribution in [3.8, 4) is 11.5 Å². The second-order valence-electron chi connectivity index (χ2n) is 11.3. The van der Waals surface area contributed by atoms with Gasteiger partial charge in [-0.1, -0.05) is 11.6 Å². The molecule has 4 amide bonds. The molecule has 2 saturated heterocycles. The van der Waals surface area contributed by atoms with Gasteiger partial charge in [-0.3, -0.25) is 38.6 Å². The minimum Gasteiger partial charge on any atom is -0.503 e. The number of methoxy groups -OCH3 is 1. The third-order valence-corrected chi connectivity index (χ3v) is 11.3. The van der Waals surface area contributed by atoms with Gasteiger partial charge in [-0.2, -0.15) is 0 Å². The zero-order valence-electron chi connectivity index (χ0n) is 23.1. The Hall–Kier alpha value is -3.26. The summed E-state index contributed by atoms with van der Waals surface area (Å²) in [6, 6.07) is 1.59. The van der Waals surface area contributed by atoms with E-state index in [0.29, 0.717) is 10.0 Å². The number of carbonyl (C=O) groups excluding carboxylic acids is 4. The molecule has 12 nitrogen and oxygen atoms in total. The minimum atomic E-state index is -1.04. The molecule has 3 fully saturated rings. The van der Waals surface area contributed by atoms with Crippen LogP contribution in [0.25, 0.3) is 0 Å². The quantitative estimate of drug-likeness (QED) is 0.240. The first-order valence-corrected chi connectivity index (χ1v) is 15.6. The maximum absolute atomic E-state index is 13.9. The van der Waals surface area contributed by atoms with Crippen LogP contribution >= 0.6 is 31.9 Å². The van der Waals surface area contributed by atoms with E-state index in [9.17, 15) is 33.9 Å². The van der Waals surface area contributed by atoms with Crippen LogP contribution in [0, 0.1) is 29.6 Å². The third kappa shape index (κ3) is 5.26. The molecule has 14 heteroatoms.